The highest BCUT2D eigenvalue weighted by molar-refractivity contribution is 6.42. The summed E-state index contributed by atoms with van der Waals surface area (Å²) in [7, 11) is 0. The normalized spacial score (nSPS) is 16.9. The molecule has 0 aliphatic carbocycles. The number of nitrogens with zero attached hydrogens (tertiary/aromatic N) is 2. The van der Waals surface area contributed by atoms with Gasteiger partial charge in [-0.05, 0) is 13.8 Å². The third-order valence-electron chi connectivity index (χ3n) is 1.16. The van der Waals surface area contributed by atoms with Gasteiger partial charge in [-0.1, -0.05) is 0 Å². The topological polar surface area (TPSA) is 41.8 Å². The zero-order chi connectivity index (χ0) is 6.85. The van der Waals surface area contributed by atoms with Gasteiger partial charge in [0.15, 0.2) is 5.94 Å². The molecule has 9 heavy (non-hydrogen) atoms. The molecule has 0 spiro atoms. The minimum atomic E-state index is 0.157. The number of hydrogen-bond acceptors (Lipinski definition) is 3. The molecule has 0 N–H and O–H groups in total. The lowest BCUT2D eigenvalue weighted by Crippen LogP contribution is -1.98. The van der Waals surface area contributed by atoms with Crippen LogP contribution < -0.4 is 0 Å². The SMILES string of the molecule is CC1=NC(=C=O)N=C1C. The average Bonchev–Trinajstić information content (AvgIpc) is 2.13. The molecule has 0 unspecified atom stereocenters. The van der Waals surface area contributed by atoms with Crippen LogP contribution in [0.25, 0.3) is 0 Å². The van der Waals surface area contributed by atoms with Crippen LogP contribution >= 0.6 is 0 Å². The number of rotatable bonds is 0. The summed E-state index contributed by atoms with van der Waals surface area (Å²) in [5, 5.41) is 0. The molecule has 1 aliphatic rings. The molecule has 0 aromatic heterocycles. The summed E-state index contributed by atoms with van der Waals surface area (Å²) in [4.78, 5) is 17.5. The van der Waals surface area contributed by atoms with E-state index in [1.807, 2.05) is 13.8 Å². The van der Waals surface area contributed by atoms with Crippen molar-refractivity contribution in [1.29, 1.82) is 0 Å². The molecule has 0 fully saturated rings. The predicted octanol–water partition coefficient (Wildman–Crippen LogP) is 0.595. The molecule has 0 atom stereocenters. The van der Waals surface area contributed by atoms with Crippen molar-refractivity contribution < 1.29 is 4.79 Å². The fourth-order valence-electron chi connectivity index (χ4n) is 0.550. The van der Waals surface area contributed by atoms with Crippen LogP contribution in [0.3, 0.4) is 0 Å². The van der Waals surface area contributed by atoms with Crippen molar-refractivity contribution in [2.75, 3.05) is 0 Å². The Labute approximate surface area is 52.8 Å². The Morgan fingerprint density at radius 1 is 1.22 bits per heavy atom. The van der Waals surface area contributed by atoms with Gasteiger partial charge >= 0.3 is 0 Å². The Kier molecular flexibility index (Phi) is 1.29. The Morgan fingerprint density at radius 3 is 1.89 bits per heavy atom. The molecule has 0 amide bonds. The van der Waals surface area contributed by atoms with E-state index in [1.165, 1.54) is 0 Å². The molecule has 3 nitrogen and oxygen atoms in total. The Hall–Kier alpha value is -1.21. The second kappa shape index (κ2) is 1.96. The molecule has 0 aromatic carbocycles. The standard InChI is InChI=1S/C6H6N2O/c1-4-5(2)8-6(3-9)7-4/h1-2H3. The van der Waals surface area contributed by atoms with Crippen molar-refractivity contribution in [2.24, 2.45) is 9.98 Å². The molecule has 0 aromatic rings. The van der Waals surface area contributed by atoms with Crippen LogP contribution in [-0.4, -0.2) is 17.4 Å². The fourth-order valence-corrected chi connectivity index (χ4v) is 0.550. The molecule has 0 saturated heterocycles. The van der Waals surface area contributed by atoms with Crippen LogP contribution in [0.5, 0.6) is 0 Å². The van der Waals surface area contributed by atoms with Gasteiger partial charge in [-0.15, -0.1) is 0 Å². The first kappa shape index (κ1) is 5.92. The molecule has 1 heterocycles. The summed E-state index contributed by atoms with van der Waals surface area (Å²) in [5.74, 6) is 1.77. The molecule has 1 aliphatic heterocycles. The van der Waals surface area contributed by atoms with Gasteiger partial charge < -0.3 is 0 Å². The quantitative estimate of drug-likeness (QED) is 0.433. The minimum absolute atomic E-state index is 0.157. The van der Waals surface area contributed by atoms with Gasteiger partial charge in [0.2, 0.25) is 5.82 Å². The summed E-state index contributed by atoms with van der Waals surface area (Å²) in [6.45, 7) is 3.62. The highest BCUT2D eigenvalue weighted by atomic mass is 16.1. The summed E-state index contributed by atoms with van der Waals surface area (Å²) in [6.07, 6.45) is 0. The van der Waals surface area contributed by atoms with Crippen LogP contribution in [0.2, 0.25) is 0 Å². The number of hydrogen-bond donors (Lipinski definition) is 0. The summed E-state index contributed by atoms with van der Waals surface area (Å²) < 4.78 is 0. The smallest absolute Gasteiger partial charge is 0.229 e. The first-order chi connectivity index (χ1) is 4.24. The van der Waals surface area contributed by atoms with E-state index in [4.69, 9.17) is 0 Å². The minimum Gasteiger partial charge on any atom is -0.229 e. The molecule has 0 bridgehead atoms. The predicted molar refractivity (Wildman–Crippen MR) is 35.4 cm³/mol. The lowest BCUT2D eigenvalue weighted by molar-refractivity contribution is 0.566. The van der Waals surface area contributed by atoms with E-state index in [2.05, 4.69) is 9.98 Å². The first-order valence-corrected chi connectivity index (χ1v) is 2.60. The first-order valence-electron chi connectivity index (χ1n) is 2.60. The zero-order valence-electron chi connectivity index (χ0n) is 5.30. The van der Waals surface area contributed by atoms with Crippen LogP contribution in [0.1, 0.15) is 13.8 Å². The van der Waals surface area contributed by atoms with E-state index in [-0.39, 0.29) is 5.82 Å². The zero-order valence-corrected chi connectivity index (χ0v) is 5.30. The lowest BCUT2D eigenvalue weighted by Gasteiger charge is -1.81. The number of aliphatic imine (C=N–C) groups is 2. The second-order valence-electron chi connectivity index (χ2n) is 1.82. The highest BCUT2D eigenvalue weighted by Crippen LogP contribution is 2.04. The molecule has 46 valence electrons. The molecular formula is C6H6N2O. The molecule has 0 radical (unpaired) electrons. The van der Waals surface area contributed by atoms with Crippen LogP contribution in [0, 0.1) is 0 Å². The van der Waals surface area contributed by atoms with Crippen molar-refractivity contribution in [1.82, 2.24) is 0 Å². The maximum Gasteiger partial charge on any atom is 0.239 e. The molecule has 0 saturated carbocycles. The van der Waals surface area contributed by atoms with Gasteiger partial charge in [0, 0.05) is 0 Å². The van der Waals surface area contributed by atoms with Crippen molar-refractivity contribution in [3.8, 4) is 0 Å². The Morgan fingerprint density at radius 2 is 1.67 bits per heavy atom. The Bertz CT molecular complexity index is 224. The van der Waals surface area contributed by atoms with Crippen LogP contribution in [-0.2, 0) is 4.79 Å². The summed E-state index contributed by atoms with van der Waals surface area (Å²) in [5.41, 5.74) is 1.60. The van der Waals surface area contributed by atoms with E-state index >= 15 is 0 Å². The van der Waals surface area contributed by atoms with E-state index < -0.39 is 0 Å². The van der Waals surface area contributed by atoms with Crippen molar-refractivity contribution in [2.45, 2.75) is 13.8 Å². The van der Waals surface area contributed by atoms with Crippen LogP contribution in [0.4, 0.5) is 0 Å². The van der Waals surface area contributed by atoms with E-state index in [0.717, 1.165) is 11.4 Å². The molecule has 1 rings (SSSR count). The fraction of sp³-hybridized carbons (Fsp3) is 0.333. The van der Waals surface area contributed by atoms with Gasteiger partial charge in [-0.2, -0.15) is 0 Å². The summed E-state index contributed by atoms with van der Waals surface area (Å²) in [6, 6.07) is 0. The number of carbonyl (C=O) groups excluding carboxylic acids is 1. The highest BCUT2D eigenvalue weighted by Gasteiger charge is 2.06. The second-order valence-corrected chi connectivity index (χ2v) is 1.82. The van der Waals surface area contributed by atoms with Crippen molar-refractivity contribution in [3.05, 3.63) is 5.82 Å². The van der Waals surface area contributed by atoms with Crippen molar-refractivity contribution in [3.63, 3.8) is 0 Å². The largest absolute Gasteiger partial charge is 0.239 e. The van der Waals surface area contributed by atoms with Crippen molar-refractivity contribution >= 4 is 17.4 Å². The van der Waals surface area contributed by atoms with Crippen LogP contribution in [0.15, 0.2) is 15.8 Å². The van der Waals surface area contributed by atoms with E-state index in [9.17, 15) is 4.79 Å². The monoisotopic (exact) mass is 122 g/mol. The molecule has 3 heteroatoms. The average molecular weight is 122 g/mol. The van der Waals surface area contributed by atoms with Gasteiger partial charge in [-0.25, -0.2) is 14.8 Å². The summed E-state index contributed by atoms with van der Waals surface area (Å²) >= 11 is 0. The maximum atomic E-state index is 9.92. The Balaban J connectivity index is 3.10. The van der Waals surface area contributed by atoms with E-state index in [1.54, 1.807) is 5.94 Å². The van der Waals surface area contributed by atoms with Gasteiger partial charge in [0.25, 0.3) is 0 Å². The third kappa shape index (κ3) is 0.952. The lowest BCUT2D eigenvalue weighted by atomic mass is 10.3. The van der Waals surface area contributed by atoms with Gasteiger partial charge in [-0.3, -0.25) is 0 Å². The maximum absolute atomic E-state index is 9.92. The molecular weight excluding hydrogens is 116 g/mol. The third-order valence-corrected chi connectivity index (χ3v) is 1.16. The van der Waals surface area contributed by atoms with E-state index in [0.29, 0.717) is 0 Å². The van der Waals surface area contributed by atoms with Gasteiger partial charge in [0.1, 0.15) is 0 Å². The van der Waals surface area contributed by atoms with Gasteiger partial charge in [0.05, 0.1) is 11.4 Å².